The number of fused-ring (bicyclic) bond motifs is 1. The minimum absolute atomic E-state index is 0.189. The highest BCUT2D eigenvalue weighted by molar-refractivity contribution is 6.00. The summed E-state index contributed by atoms with van der Waals surface area (Å²) in [5.41, 5.74) is 6.01. The van der Waals surface area contributed by atoms with Crippen LogP contribution >= 0.6 is 0 Å². The summed E-state index contributed by atoms with van der Waals surface area (Å²) in [5.74, 6) is 1.19. The minimum atomic E-state index is 0.189. The average Bonchev–Trinajstić information content (AvgIpc) is 2.99. The van der Waals surface area contributed by atoms with Gasteiger partial charge in [-0.25, -0.2) is 4.68 Å². The number of rotatable bonds is 3. The lowest BCUT2D eigenvalue weighted by molar-refractivity contribution is 0.0963. The second-order valence-corrected chi connectivity index (χ2v) is 6.96. The fourth-order valence-electron chi connectivity index (χ4n) is 3.77. The summed E-state index contributed by atoms with van der Waals surface area (Å²) in [6, 6.07) is 16.3. The van der Waals surface area contributed by atoms with Crippen LogP contribution in [0, 0.1) is 13.8 Å². The van der Waals surface area contributed by atoms with Gasteiger partial charge in [-0.3, -0.25) is 4.79 Å². The lowest BCUT2D eigenvalue weighted by Crippen LogP contribution is -2.20. The van der Waals surface area contributed by atoms with Gasteiger partial charge >= 0.3 is 0 Å². The van der Waals surface area contributed by atoms with Crippen molar-refractivity contribution in [2.45, 2.75) is 32.6 Å². The lowest BCUT2D eigenvalue weighted by Gasteiger charge is -2.23. The molecular formula is C22H22N2O2. The molecule has 1 atom stereocenters. The minimum Gasteiger partial charge on any atom is -0.497 e. The van der Waals surface area contributed by atoms with Crippen molar-refractivity contribution < 1.29 is 9.53 Å². The number of methoxy groups -OCH3 is 1. The van der Waals surface area contributed by atoms with Gasteiger partial charge in [0.1, 0.15) is 5.75 Å². The van der Waals surface area contributed by atoms with Crippen molar-refractivity contribution in [3.05, 3.63) is 76.6 Å². The Labute approximate surface area is 153 Å². The zero-order chi connectivity index (χ0) is 18.3. The number of ketones is 1. The van der Waals surface area contributed by atoms with E-state index >= 15 is 0 Å². The topological polar surface area (TPSA) is 44.1 Å². The number of Topliss-reactive ketones (excluding diaryl/α,β-unsaturated/α-hetero) is 1. The Morgan fingerprint density at radius 3 is 2.35 bits per heavy atom. The normalized spacial score (nSPS) is 16.4. The molecule has 0 saturated carbocycles. The van der Waals surface area contributed by atoms with Crippen LogP contribution in [0.25, 0.3) is 5.69 Å². The SMILES string of the molecule is COc1ccc(-n2nc(C)c3c2CC(c2ccc(C)cc2)CC3=O)cc1. The highest BCUT2D eigenvalue weighted by atomic mass is 16.5. The lowest BCUT2D eigenvalue weighted by atomic mass is 9.81. The van der Waals surface area contributed by atoms with Crippen molar-refractivity contribution in [1.29, 1.82) is 0 Å². The van der Waals surface area contributed by atoms with Gasteiger partial charge in [-0.05, 0) is 56.0 Å². The maximum Gasteiger partial charge on any atom is 0.167 e. The maximum atomic E-state index is 12.8. The van der Waals surface area contributed by atoms with E-state index in [1.165, 1.54) is 11.1 Å². The van der Waals surface area contributed by atoms with Gasteiger partial charge in [0, 0.05) is 6.42 Å². The average molecular weight is 346 g/mol. The van der Waals surface area contributed by atoms with E-state index in [2.05, 4.69) is 36.3 Å². The summed E-state index contributed by atoms with van der Waals surface area (Å²) >= 11 is 0. The van der Waals surface area contributed by atoms with Crippen LogP contribution in [0.3, 0.4) is 0 Å². The second kappa shape index (κ2) is 6.45. The molecule has 4 rings (SSSR count). The third-order valence-electron chi connectivity index (χ3n) is 5.17. The molecule has 1 aliphatic rings. The van der Waals surface area contributed by atoms with Gasteiger partial charge in [0.15, 0.2) is 5.78 Å². The molecule has 26 heavy (non-hydrogen) atoms. The molecule has 3 aromatic rings. The van der Waals surface area contributed by atoms with Gasteiger partial charge in [0.2, 0.25) is 0 Å². The molecule has 0 amide bonds. The van der Waals surface area contributed by atoms with Crippen LogP contribution < -0.4 is 4.74 Å². The quantitative estimate of drug-likeness (QED) is 0.705. The molecule has 0 aliphatic heterocycles. The van der Waals surface area contributed by atoms with E-state index in [-0.39, 0.29) is 11.7 Å². The summed E-state index contributed by atoms with van der Waals surface area (Å²) in [4.78, 5) is 12.8. The van der Waals surface area contributed by atoms with Crippen molar-refractivity contribution in [3.8, 4) is 11.4 Å². The molecule has 1 aromatic heterocycles. The number of nitrogens with zero attached hydrogens (tertiary/aromatic N) is 2. The van der Waals surface area contributed by atoms with Crippen molar-refractivity contribution >= 4 is 5.78 Å². The number of carbonyl (C=O) groups is 1. The van der Waals surface area contributed by atoms with Crippen LogP contribution in [-0.2, 0) is 6.42 Å². The fraction of sp³-hybridized carbons (Fsp3) is 0.273. The van der Waals surface area contributed by atoms with E-state index < -0.39 is 0 Å². The molecule has 2 aromatic carbocycles. The van der Waals surface area contributed by atoms with Gasteiger partial charge < -0.3 is 4.74 Å². The van der Waals surface area contributed by atoms with Crippen LogP contribution in [-0.4, -0.2) is 22.7 Å². The number of aromatic nitrogens is 2. The molecule has 132 valence electrons. The predicted octanol–water partition coefficient (Wildman–Crippen LogP) is 4.41. The van der Waals surface area contributed by atoms with E-state index in [0.29, 0.717) is 6.42 Å². The standard InChI is InChI=1S/C22H22N2O2/c1-14-4-6-16(7-5-14)17-12-20-22(21(25)13-17)15(2)23-24(20)18-8-10-19(26-3)11-9-18/h4-11,17H,12-13H2,1-3H3. The molecule has 0 spiro atoms. The van der Waals surface area contributed by atoms with Crippen LogP contribution in [0.4, 0.5) is 0 Å². The molecule has 1 heterocycles. The molecular weight excluding hydrogens is 324 g/mol. The number of benzene rings is 2. The Kier molecular flexibility index (Phi) is 4.11. The molecule has 1 aliphatic carbocycles. The molecule has 0 radical (unpaired) electrons. The zero-order valence-corrected chi connectivity index (χ0v) is 15.3. The van der Waals surface area contributed by atoms with E-state index in [1.54, 1.807) is 7.11 Å². The van der Waals surface area contributed by atoms with E-state index in [1.807, 2.05) is 35.9 Å². The van der Waals surface area contributed by atoms with Crippen molar-refractivity contribution in [3.63, 3.8) is 0 Å². The molecule has 1 unspecified atom stereocenters. The molecule has 0 fully saturated rings. The van der Waals surface area contributed by atoms with Crippen LogP contribution in [0.1, 0.15) is 45.2 Å². The summed E-state index contributed by atoms with van der Waals surface area (Å²) in [6.45, 7) is 4.00. The van der Waals surface area contributed by atoms with Crippen LogP contribution in [0.5, 0.6) is 5.75 Å². The number of hydrogen-bond acceptors (Lipinski definition) is 3. The highest BCUT2D eigenvalue weighted by Gasteiger charge is 2.32. The van der Waals surface area contributed by atoms with E-state index in [9.17, 15) is 4.79 Å². The smallest absolute Gasteiger partial charge is 0.167 e. The predicted molar refractivity (Wildman–Crippen MR) is 101 cm³/mol. The summed E-state index contributed by atoms with van der Waals surface area (Å²) in [6.07, 6.45) is 1.36. The van der Waals surface area contributed by atoms with Crippen molar-refractivity contribution in [1.82, 2.24) is 9.78 Å². The first-order valence-corrected chi connectivity index (χ1v) is 8.89. The number of hydrogen-bond donors (Lipinski definition) is 0. The third kappa shape index (κ3) is 2.81. The first kappa shape index (κ1) is 16.6. The number of aryl methyl sites for hydroxylation is 2. The Bertz CT molecular complexity index is 953. The zero-order valence-electron chi connectivity index (χ0n) is 15.3. The van der Waals surface area contributed by atoms with Crippen LogP contribution in [0.15, 0.2) is 48.5 Å². The Morgan fingerprint density at radius 2 is 1.69 bits per heavy atom. The summed E-state index contributed by atoms with van der Waals surface area (Å²) < 4.78 is 7.16. The monoisotopic (exact) mass is 346 g/mol. The first-order chi connectivity index (χ1) is 12.6. The molecule has 0 N–H and O–H groups in total. The van der Waals surface area contributed by atoms with Gasteiger partial charge in [-0.15, -0.1) is 0 Å². The van der Waals surface area contributed by atoms with Crippen molar-refractivity contribution in [2.24, 2.45) is 0 Å². The number of carbonyl (C=O) groups excluding carboxylic acids is 1. The molecule has 4 heteroatoms. The van der Waals surface area contributed by atoms with Gasteiger partial charge in [0.05, 0.1) is 29.7 Å². The van der Waals surface area contributed by atoms with Crippen LogP contribution in [0.2, 0.25) is 0 Å². The van der Waals surface area contributed by atoms with E-state index in [4.69, 9.17) is 4.74 Å². The van der Waals surface area contributed by atoms with Crippen molar-refractivity contribution in [2.75, 3.05) is 7.11 Å². The van der Waals surface area contributed by atoms with E-state index in [0.717, 1.165) is 34.8 Å². The van der Waals surface area contributed by atoms with Gasteiger partial charge in [-0.1, -0.05) is 29.8 Å². The number of ether oxygens (including phenoxy) is 1. The molecule has 0 bridgehead atoms. The third-order valence-corrected chi connectivity index (χ3v) is 5.17. The van der Waals surface area contributed by atoms with Gasteiger partial charge in [0.25, 0.3) is 0 Å². The fourth-order valence-corrected chi connectivity index (χ4v) is 3.77. The molecule has 4 nitrogen and oxygen atoms in total. The highest BCUT2D eigenvalue weighted by Crippen LogP contribution is 2.35. The Balaban J connectivity index is 1.75. The Hall–Kier alpha value is -2.88. The summed E-state index contributed by atoms with van der Waals surface area (Å²) in [5, 5.41) is 4.67. The molecule has 0 saturated heterocycles. The maximum absolute atomic E-state index is 12.8. The second-order valence-electron chi connectivity index (χ2n) is 6.96. The first-order valence-electron chi connectivity index (χ1n) is 8.89. The van der Waals surface area contributed by atoms with Gasteiger partial charge in [-0.2, -0.15) is 5.10 Å². The Morgan fingerprint density at radius 1 is 1.00 bits per heavy atom. The summed E-state index contributed by atoms with van der Waals surface area (Å²) in [7, 11) is 1.65. The largest absolute Gasteiger partial charge is 0.497 e.